The Hall–Kier alpha value is -1.35. The number of aliphatic hydroxyl groups is 1. The van der Waals surface area contributed by atoms with Crippen LogP contribution in [0.1, 0.15) is 26.5 Å². The summed E-state index contributed by atoms with van der Waals surface area (Å²) in [6.07, 6.45) is 1.16. The minimum atomic E-state index is -0.157. The summed E-state index contributed by atoms with van der Waals surface area (Å²) in [5.41, 5.74) is 0.998. The first-order valence-corrected chi connectivity index (χ1v) is 7.97. The summed E-state index contributed by atoms with van der Waals surface area (Å²) in [6, 6.07) is 1.89. The first-order chi connectivity index (χ1) is 10.0. The van der Waals surface area contributed by atoms with Gasteiger partial charge in [0.05, 0.1) is 9.75 Å². The fraction of sp³-hybridized carbons (Fsp3) is 0.562. The molecule has 1 unspecified atom stereocenters. The van der Waals surface area contributed by atoms with Gasteiger partial charge in [0.25, 0.3) is 5.91 Å². The van der Waals surface area contributed by atoms with Crippen LogP contribution in [0.25, 0.3) is 0 Å². The van der Waals surface area contributed by atoms with E-state index in [4.69, 9.17) is 5.11 Å². The van der Waals surface area contributed by atoms with E-state index < -0.39 is 0 Å². The van der Waals surface area contributed by atoms with E-state index in [0.717, 1.165) is 41.4 Å². The summed E-state index contributed by atoms with van der Waals surface area (Å²) in [4.78, 5) is 18.2. The van der Waals surface area contributed by atoms with Crippen LogP contribution in [0, 0.1) is 24.7 Å². The second-order valence-electron chi connectivity index (χ2n) is 5.69. The zero-order valence-corrected chi connectivity index (χ0v) is 13.7. The van der Waals surface area contributed by atoms with Crippen LogP contribution in [0.4, 0.5) is 0 Å². The molecule has 5 heteroatoms. The Kier molecular flexibility index (Phi) is 5.40. The Morgan fingerprint density at radius 3 is 3.00 bits per heavy atom. The highest BCUT2D eigenvalue weighted by molar-refractivity contribution is 7.14. The fourth-order valence-electron chi connectivity index (χ4n) is 2.67. The third kappa shape index (κ3) is 4.07. The molecule has 114 valence electrons. The molecule has 2 heterocycles. The van der Waals surface area contributed by atoms with Gasteiger partial charge < -0.3 is 14.9 Å². The second kappa shape index (κ2) is 7.08. The van der Waals surface area contributed by atoms with Crippen LogP contribution in [0.3, 0.4) is 0 Å². The predicted octanol–water partition coefficient (Wildman–Crippen LogP) is 1.42. The average molecular weight is 306 g/mol. The van der Waals surface area contributed by atoms with Crippen molar-refractivity contribution in [3.05, 3.63) is 21.4 Å². The largest absolute Gasteiger partial charge is 0.384 e. The molecule has 2 rings (SSSR count). The maximum Gasteiger partial charge on any atom is 0.263 e. The van der Waals surface area contributed by atoms with E-state index in [1.807, 2.05) is 24.9 Å². The molecule has 4 nitrogen and oxygen atoms in total. The van der Waals surface area contributed by atoms with Crippen molar-refractivity contribution in [3.8, 4) is 11.8 Å². The number of aryl methyl sites for hydroxylation is 1. The summed E-state index contributed by atoms with van der Waals surface area (Å²) >= 11 is 1.41. The van der Waals surface area contributed by atoms with Gasteiger partial charge in [0.15, 0.2) is 0 Å². The van der Waals surface area contributed by atoms with E-state index in [2.05, 4.69) is 23.8 Å². The van der Waals surface area contributed by atoms with Crippen LogP contribution in [0.5, 0.6) is 0 Å². The fourth-order valence-corrected chi connectivity index (χ4v) is 3.71. The molecule has 1 aromatic rings. The van der Waals surface area contributed by atoms with Gasteiger partial charge in [-0.05, 0) is 44.5 Å². The van der Waals surface area contributed by atoms with Crippen molar-refractivity contribution < 1.29 is 9.90 Å². The van der Waals surface area contributed by atoms with E-state index in [-0.39, 0.29) is 12.5 Å². The van der Waals surface area contributed by atoms with Gasteiger partial charge in [0.1, 0.15) is 6.61 Å². The van der Waals surface area contributed by atoms with Gasteiger partial charge in [-0.15, -0.1) is 11.3 Å². The number of nitrogens with zero attached hydrogens (tertiary/aromatic N) is 2. The molecule has 1 aliphatic rings. The molecule has 0 spiro atoms. The molecule has 1 amide bonds. The molecule has 21 heavy (non-hydrogen) atoms. The average Bonchev–Trinajstić information content (AvgIpc) is 3.02. The number of hydrogen-bond acceptors (Lipinski definition) is 4. The van der Waals surface area contributed by atoms with E-state index in [0.29, 0.717) is 5.92 Å². The first-order valence-electron chi connectivity index (χ1n) is 7.15. The van der Waals surface area contributed by atoms with Crippen LogP contribution in [0.15, 0.2) is 6.07 Å². The maximum atomic E-state index is 12.5. The van der Waals surface area contributed by atoms with Crippen LogP contribution >= 0.6 is 11.3 Å². The molecule has 1 N–H and O–H groups in total. The standard InChI is InChI=1S/C16H22N2O2S/c1-12-9-15(21-14(12)5-4-8-19)16(20)18(3)11-13-6-7-17(2)10-13/h9,13,19H,6-8,10-11H2,1-3H3. The highest BCUT2D eigenvalue weighted by Gasteiger charge is 2.24. The normalized spacial score (nSPS) is 18.4. The SMILES string of the molecule is Cc1cc(C(=O)N(C)CC2CCN(C)C2)sc1C#CCO. The zero-order valence-electron chi connectivity index (χ0n) is 12.8. The summed E-state index contributed by atoms with van der Waals surface area (Å²) in [7, 11) is 3.99. The van der Waals surface area contributed by atoms with E-state index in [1.54, 1.807) is 0 Å². The summed E-state index contributed by atoms with van der Waals surface area (Å²) in [6.45, 7) is 4.77. The number of rotatable bonds is 3. The molecule has 1 aromatic heterocycles. The summed E-state index contributed by atoms with van der Waals surface area (Å²) in [5.74, 6) is 6.17. The number of likely N-dealkylation sites (tertiary alicyclic amines) is 1. The van der Waals surface area contributed by atoms with Gasteiger partial charge in [0.2, 0.25) is 0 Å². The van der Waals surface area contributed by atoms with Crippen molar-refractivity contribution >= 4 is 17.2 Å². The van der Waals surface area contributed by atoms with Crippen LogP contribution in [-0.4, -0.2) is 61.2 Å². The van der Waals surface area contributed by atoms with Crippen molar-refractivity contribution in [1.29, 1.82) is 0 Å². The van der Waals surface area contributed by atoms with Crippen LogP contribution in [-0.2, 0) is 0 Å². The maximum absolute atomic E-state index is 12.5. The Morgan fingerprint density at radius 1 is 1.62 bits per heavy atom. The van der Waals surface area contributed by atoms with E-state index in [9.17, 15) is 4.79 Å². The molecule has 0 radical (unpaired) electrons. The Labute approximate surface area is 130 Å². The van der Waals surface area contributed by atoms with Gasteiger partial charge in [-0.2, -0.15) is 0 Å². The van der Waals surface area contributed by atoms with Crippen molar-refractivity contribution in [2.24, 2.45) is 5.92 Å². The Morgan fingerprint density at radius 2 is 2.38 bits per heavy atom. The molecule has 0 aliphatic carbocycles. The van der Waals surface area contributed by atoms with Gasteiger partial charge in [-0.25, -0.2) is 0 Å². The highest BCUT2D eigenvalue weighted by atomic mass is 32.1. The number of carbonyl (C=O) groups is 1. The van der Waals surface area contributed by atoms with Gasteiger partial charge in [0, 0.05) is 20.1 Å². The second-order valence-corrected chi connectivity index (χ2v) is 6.74. The molecule has 0 aromatic carbocycles. The summed E-state index contributed by atoms with van der Waals surface area (Å²) in [5, 5.41) is 8.76. The van der Waals surface area contributed by atoms with E-state index in [1.165, 1.54) is 11.3 Å². The van der Waals surface area contributed by atoms with Crippen molar-refractivity contribution in [2.45, 2.75) is 13.3 Å². The zero-order chi connectivity index (χ0) is 15.4. The third-order valence-electron chi connectivity index (χ3n) is 3.78. The number of hydrogen-bond donors (Lipinski definition) is 1. The number of aliphatic hydroxyl groups excluding tert-OH is 1. The van der Waals surface area contributed by atoms with Gasteiger partial charge >= 0.3 is 0 Å². The minimum Gasteiger partial charge on any atom is -0.384 e. The monoisotopic (exact) mass is 306 g/mol. The first kappa shape index (κ1) is 16.0. The number of carbonyl (C=O) groups excluding carboxylic acids is 1. The molecule has 1 atom stereocenters. The van der Waals surface area contributed by atoms with Gasteiger partial charge in [-0.1, -0.05) is 11.8 Å². The molecule has 0 bridgehead atoms. The van der Waals surface area contributed by atoms with Crippen molar-refractivity contribution in [2.75, 3.05) is 40.3 Å². The topological polar surface area (TPSA) is 43.8 Å². The number of thiophene rings is 1. The Balaban J connectivity index is 2.02. The van der Waals surface area contributed by atoms with E-state index >= 15 is 0 Å². The lowest BCUT2D eigenvalue weighted by molar-refractivity contribution is 0.0778. The molecule has 0 saturated carbocycles. The van der Waals surface area contributed by atoms with Crippen LogP contribution in [0.2, 0.25) is 0 Å². The lowest BCUT2D eigenvalue weighted by Crippen LogP contribution is -2.32. The molecular weight excluding hydrogens is 284 g/mol. The molecular formula is C16H22N2O2S. The lowest BCUT2D eigenvalue weighted by Gasteiger charge is -2.20. The van der Waals surface area contributed by atoms with Crippen molar-refractivity contribution in [1.82, 2.24) is 9.80 Å². The van der Waals surface area contributed by atoms with Crippen molar-refractivity contribution in [3.63, 3.8) is 0 Å². The number of amides is 1. The Bertz CT molecular complexity index is 571. The smallest absolute Gasteiger partial charge is 0.263 e. The quantitative estimate of drug-likeness (QED) is 0.859. The van der Waals surface area contributed by atoms with Crippen LogP contribution < -0.4 is 0 Å². The molecule has 1 fully saturated rings. The minimum absolute atomic E-state index is 0.0645. The van der Waals surface area contributed by atoms with Gasteiger partial charge in [-0.3, -0.25) is 4.79 Å². The molecule has 1 saturated heterocycles. The summed E-state index contributed by atoms with van der Waals surface area (Å²) < 4.78 is 0. The lowest BCUT2D eigenvalue weighted by atomic mass is 10.1. The molecule has 1 aliphatic heterocycles. The predicted molar refractivity (Wildman–Crippen MR) is 85.6 cm³/mol. The highest BCUT2D eigenvalue weighted by Crippen LogP contribution is 2.23. The third-order valence-corrected chi connectivity index (χ3v) is 4.92.